The Bertz CT molecular complexity index is 1150. The number of nitrogens with two attached hydrogens (primary N) is 1. The van der Waals surface area contributed by atoms with E-state index in [0.717, 1.165) is 11.9 Å². The second kappa shape index (κ2) is 6.90. The van der Waals surface area contributed by atoms with Gasteiger partial charge in [0.05, 0.1) is 38.5 Å². The summed E-state index contributed by atoms with van der Waals surface area (Å²) in [5.41, 5.74) is 8.26. The van der Waals surface area contributed by atoms with E-state index in [9.17, 15) is 5.11 Å². The number of benzene rings is 2. The number of hydrogen-bond donors (Lipinski definition) is 3. The van der Waals surface area contributed by atoms with Crippen molar-refractivity contribution in [1.82, 2.24) is 9.55 Å². The van der Waals surface area contributed by atoms with Crippen LogP contribution < -0.4 is 30.0 Å². The molecule has 0 saturated heterocycles. The van der Waals surface area contributed by atoms with Gasteiger partial charge < -0.3 is 29.8 Å². The van der Waals surface area contributed by atoms with Crippen LogP contribution in [0.3, 0.4) is 0 Å². The van der Waals surface area contributed by atoms with Crippen LogP contribution in [0.5, 0.6) is 28.7 Å². The van der Waals surface area contributed by atoms with E-state index in [4.69, 9.17) is 24.7 Å². The van der Waals surface area contributed by atoms with Gasteiger partial charge in [0.15, 0.2) is 35.1 Å². The smallest absolute Gasteiger partial charge is 0.212 e. The molecule has 0 aliphatic carbocycles. The Labute approximate surface area is 171 Å². The van der Waals surface area contributed by atoms with E-state index in [0.29, 0.717) is 41.7 Å². The van der Waals surface area contributed by atoms with Gasteiger partial charge in [0, 0.05) is 24.1 Å². The SMILES string of the molecule is COc1cc([C@@H]2N=C(N)Nc3nc4cc5c(cc4n32)OCCCO5)cc(OC)c1O. The van der Waals surface area contributed by atoms with E-state index in [1.54, 1.807) is 12.1 Å². The molecule has 3 aromatic rings. The first kappa shape index (κ1) is 18.2. The first-order valence-corrected chi connectivity index (χ1v) is 9.46. The third kappa shape index (κ3) is 2.79. The van der Waals surface area contributed by atoms with Gasteiger partial charge in [-0.3, -0.25) is 9.88 Å². The molecule has 30 heavy (non-hydrogen) atoms. The number of imidazole rings is 1. The van der Waals surface area contributed by atoms with Gasteiger partial charge in [-0.15, -0.1) is 0 Å². The molecule has 156 valence electrons. The van der Waals surface area contributed by atoms with Gasteiger partial charge in [-0.1, -0.05) is 0 Å². The van der Waals surface area contributed by atoms with Crippen LogP contribution in [0.4, 0.5) is 5.95 Å². The third-order valence-corrected chi connectivity index (χ3v) is 5.10. The molecular weight excluding hydrogens is 390 g/mol. The molecule has 2 aliphatic heterocycles. The lowest BCUT2D eigenvalue weighted by molar-refractivity contribution is 0.297. The number of phenols is 1. The average Bonchev–Trinajstić information content (AvgIpc) is 2.92. The molecule has 0 spiro atoms. The molecule has 0 fully saturated rings. The highest BCUT2D eigenvalue weighted by Crippen LogP contribution is 2.43. The lowest BCUT2D eigenvalue weighted by Gasteiger charge is -2.25. The number of nitrogens with zero attached hydrogens (tertiary/aromatic N) is 3. The minimum absolute atomic E-state index is 0.0822. The number of nitrogens with one attached hydrogen (secondary N) is 1. The van der Waals surface area contributed by atoms with E-state index >= 15 is 0 Å². The fraction of sp³-hybridized carbons (Fsp3) is 0.300. The maximum absolute atomic E-state index is 10.3. The third-order valence-electron chi connectivity index (χ3n) is 5.10. The van der Waals surface area contributed by atoms with Crippen molar-refractivity contribution in [2.45, 2.75) is 12.6 Å². The Hall–Kier alpha value is -3.82. The van der Waals surface area contributed by atoms with Crippen LogP contribution >= 0.6 is 0 Å². The standard InChI is InChI=1S/C20H21N5O5/c1-27-15-6-10(7-16(28-2)17(15)26)18-23-19(21)24-20-22-11-8-13-14(9-12(11)25(18)20)30-5-3-4-29-13/h6-9,18,26H,3-5H2,1-2H3,(H3,21,22,23,24)/t18-/m1/s1. The highest BCUT2D eigenvalue weighted by Gasteiger charge is 2.28. The first-order valence-electron chi connectivity index (χ1n) is 9.46. The molecular formula is C20H21N5O5. The fourth-order valence-corrected chi connectivity index (χ4v) is 3.71. The fourth-order valence-electron chi connectivity index (χ4n) is 3.71. The van der Waals surface area contributed by atoms with Crippen LogP contribution in [0.1, 0.15) is 18.2 Å². The number of aromatic nitrogens is 2. The van der Waals surface area contributed by atoms with Gasteiger partial charge >= 0.3 is 0 Å². The summed E-state index contributed by atoms with van der Waals surface area (Å²) in [4.78, 5) is 9.23. The van der Waals surface area contributed by atoms with E-state index in [1.807, 2.05) is 16.7 Å². The van der Waals surface area contributed by atoms with Crippen molar-refractivity contribution in [2.75, 3.05) is 32.8 Å². The van der Waals surface area contributed by atoms with Crippen molar-refractivity contribution in [3.8, 4) is 28.7 Å². The zero-order valence-corrected chi connectivity index (χ0v) is 16.5. The molecule has 0 radical (unpaired) electrons. The molecule has 2 aromatic carbocycles. The Kier molecular flexibility index (Phi) is 4.19. The minimum atomic E-state index is -0.556. The maximum Gasteiger partial charge on any atom is 0.212 e. The summed E-state index contributed by atoms with van der Waals surface area (Å²) in [5, 5.41) is 13.3. The molecule has 5 rings (SSSR count). The molecule has 4 N–H and O–H groups in total. The second-order valence-corrected chi connectivity index (χ2v) is 6.93. The normalized spacial score (nSPS) is 17.5. The highest BCUT2D eigenvalue weighted by molar-refractivity contribution is 5.95. The van der Waals surface area contributed by atoms with Crippen molar-refractivity contribution in [2.24, 2.45) is 10.7 Å². The van der Waals surface area contributed by atoms with Gasteiger partial charge in [0.2, 0.25) is 11.7 Å². The predicted octanol–water partition coefficient (Wildman–Crippen LogP) is 2.21. The van der Waals surface area contributed by atoms with Crippen molar-refractivity contribution in [1.29, 1.82) is 0 Å². The number of fused-ring (bicyclic) bond motifs is 4. The minimum Gasteiger partial charge on any atom is -0.502 e. The highest BCUT2D eigenvalue weighted by atomic mass is 16.5. The largest absolute Gasteiger partial charge is 0.502 e. The summed E-state index contributed by atoms with van der Waals surface area (Å²) < 4.78 is 24.2. The molecule has 0 unspecified atom stereocenters. The van der Waals surface area contributed by atoms with Crippen molar-refractivity contribution in [3.63, 3.8) is 0 Å². The van der Waals surface area contributed by atoms with Gasteiger partial charge in [0.1, 0.15) is 0 Å². The summed E-state index contributed by atoms with van der Waals surface area (Å²) in [6, 6.07) is 7.15. The summed E-state index contributed by atoms with van der Waals surface area (Å²) in [6.07, 6.45) is 0.259. The number of phenolic OH excluding ortho intramolecular Hbond substituents is 1. The van der Waals surface area contributed by atoms with Crippen molar-refractivity contribution in [3.05, 3.63) is 29.8 Å². The van der Waals surface area contributed by atoms with Crippen LogP contribution in [0.15, 0.2) is 29.3 Å². The zero-order chi connectivity index (χ0) is 20.8. The van der Waals surface area contributed by atoms with Crippen molar-refractivity contribution >= 4 is 22.9 Å². The zero-order valence-electron chi connectivity index (χ0n) is 16.5. The van der Waals surface area contributed by atoms with Gasteiger partial charge in [-0.25, -0.2) is 9.98 Å². The Morgan fingerprint density at radius 3 is 2.43 bits per heavy atom. The van der Waals surface area contributed by atoms with E-state index in [-0.39, 0.29) is 23.2 Å². The molecule has 10 nitrogen and oxygen atoms in total. The molecule has 0 amide bonds. The number of anilines is 1. The molecule has 10 heteroatoms. The van der Waals surface area contributed by atoms with Crippen LogP contribution in [-0.4, -0.2) is 48.1 Å². The molecule has 0 bridgehead atoms. The average molecular weight is 411 g/mol. The Morgan fingerprint density at radius 1 is 1.10 bits per heavy atom. The number of hydrogen-bond acceptors (Lipinski definition) is 9. The summed E-state index contributed by atoms with van der Waals surface area (Å²) in [7, 11) is 2.95. The maximum atomic E-state index is 10.3. The molecule has 1 aromatic heterocycles. The van der Waals surface area contributed by atoms with Crippen LogP contribution in [0, 0.1) is 0 Å². The Balaban J connectivity index is 1.71. The monoisotopic (exact) mass is 411 g/mol. The number of guanidine groups is 1. The molecule has 0 saturated carbocycles. The molecule has 2 aliphatic rings. The number of methoxy groups -OCH3 is 2. The number of ether oxygens (including phenoxy) is 4. The molecule has 1 atom stereocenters. The predicted molar refractivity (Wildman–Crippen MR) is 110 cm³/mol. The van der Waals surface area contributed by atoms with Crippen LogP contribution in [-0.2, 0) is 0 Å². The van der Waals surface area contributed by atoms with Gasteiger partial charge in [0.25, 0.3) is 0 Å². The number of rotatable bonds is 3. The van der Waals surface area contributed by atoms with Gasteiger partial charge in [-0.05, 0) is 12.1 Å². The topological polar surface area (TPSA) is 125 Å². The molecule has 3 heterocycles. The van der Waals surface area contributed by atoms with E-state index in [1.165, 1.54) is 14.2 Å². The van der Waals surface area contributed by atoms with E-state index < -0.39 is 6.17 Å². The number of aliphatic imine (C=N–C) groups is 1. The second-order valence-electron chi connectivity index (χ2n) is 6.93. The lowest BCUT2D eigenvalue weighted by Crippen LogP contribution is -2.31. The summed E-state index contributed by atoms with van der Waals surface area (Å²) in [5.74, 6) is 2.54. The first-order chi connectivity index (χ1) is 14.6. The van der Waals surface area contributed by atoms with Gasteiger partial charge in [-0.2, -0.15) is 0 Å². The summed E-state index contributed by atoms with van der Waals surface area (Å²) in [6.45, 7) is 1.18. The van der Waals surface area contributed by atoms with E-state index in [2.05, 4.69) is 15.3 Å². The van der Waals surface area contributed by atoms with Crippen LogP contribution in [0.2, 0.25) is 0 Å². The van der Waals surface area contributed by atoms with Crippen molar-refractivity contribution < 1.29 is 24.1 Å². The number of aromatic hydroxyl groups is 1. The Morgan fingerprint density at radius 2 is 1.77 bits per heavy atom. The quantitative estimate of drug-likeness (QED) is 0.599. The van der Waals surface area contributed by atoms with Crippen LogP contribution in [0.25, 0.3) is 11.0 Å². The lowest BCUT2D eigenvalue weighted by atomic mass is 10.1. The summed E-state index contributed by atoms with van der Waals surface area (Å²) >= 11 is 0.